The highest BCUT2D eigenvalue weighted by molar-refractivity contribution is 8.14. The second kappa shape index (κ2) is 6.59. The molecule has 2 rings (SSSR count). The van der Waals surface area contributed by atoms with E-state index in [0.29, 0.717) is 18.0 Å². The van der Waals surface area contributed by atoms with Gasteiger partial charge in [-0.25, -0.2) is 4.98 Å². The van der Waals surface area contributed by atoms with E-state index in [9.17, 15) is 28.1 Å². The number of nitro groups is 1. The molecule has 0 aliphatic rings. The molecular weight excluding hydrogens is 349 g/mol. The van der Waals surface area contributed by atoms with Crippen LogP contribution in [0.1, 0.15) is 28.7 Å². The first kappa shape index (κ1) is 17.9. The molecule has 0 saturated carbocycles. The van der Waals surface area contributed by atoms with E-state index in [-0.39, 0.29) is 23.0 Å². The maximum atomic E-state index is 12.5. The Morgan fingerprint density at radius 3 is 2.54 bits per heavy atom. The monoisotopic (exact) mass is 360 g/mol. The fraction of sp³-hybridized carbons (Fsp3) is 0.308. The second-order valence-electron chi connectivity index (χ2n) is 4.63. The average Bonchev–Trinajstić information content (AvgIpc) is 2.83. The summed E-state index contributed by atoms with van der Waals surface area (Å²) in [5, 5.41) is 14.4. The van der Waals surface area contributed by atoms with Crippen LogP contribution in [0.25, 0.3) is 0 Å². The third kappa shape index (κ3) is 3.55. The van der Waals surface area contributed by atoms with E-state index in [1.807, 2.05) is 0 Å². The molecule has 0 spiro atoms. The summed E-state index contributed by atoms with van der Waals surface area (Å²) < 4.78 is 38.7. The number of nitrogens with zero attached hydrogens (tertiary/aromatic N) is 4. The Morgan fingerprint density at radius 1 is 1.42 bits per heavy atom. The van der Waals surface area contributed by atoms with E-state index in [0.717, 1.165) is 12.1 Å². The zero-order valence-corrected chi connectivity index (χ0v) is 13.3. The van der Waals surface area contributed by atoms with Gasteiger partial charge in [0, 0.05) is 12.7 Å². The lowest BCUT2D eigenvalue weighted by Crippen LogP contribution is -2.09. The molecule has 0 aliphatic heterocycles. The second-order valence-corrected chi connectivity index (χ2v) is 5.62. The average molecular weight is 360 g/mol. The normalized spacial score (nSPS) is 11.5. The number of aromatic nitrogens is 3. The predicted molar refractivity (Wildman–Crippen MR) is 78.7 cm³/mol. The van der Waals surface area contributed by atoms with Gasteiger partial charge in [0.1, 0.15) is 10.7 Å². The highest BCUT2D eigenvalue weighted by Crippen LogP contribution is 2.32. The van der Waals surface area contributed by atoms with Crippen molar-refractivity contribution >= 4 is 22.6 Å². The first-order valence-electron chi connectivity index (χ1n) is 6.62. The Hall–Kier alpha value is -2.43. The standard InChI is InChI=1S/C13H11F3N4O3S/c1-3-19-11(10(20(22)23)7(2)18-19)12(21)24-9-5-4-8(6-17-9)13(14,15)16/h4-6H,3H2,1-2H3. The summed E-state index contributed by atoms with van der Waals surface area (Å²) in [7, 11) is 0. The van der Waals surface area contributed by atoms with Gasteiger partial charge in [0.05, 0.1) is 10.5 Å². The first-order chi connectivity index (χ1) is 11.1. The Bertz CT molecular complexity index is 787. The molecule has 0 radical (unpaired) electrons. The fourth-order valence-corrected chi connectivity index (χ4v) is 2.70. The van der Waals surface area contributed by atoms with E-state index in [1.165, 1.54) is 11.6 Å². The van der Waals surface area contributed by atoms with Crippen molar-refractivity contribution in [1.82, 2.24) is 14.8 Å². The van der Waals surface area contributed by atoms with Gasteiger partial charge in [-0.15, -0.1) is 0 Å². The minimum atomic E-state index is -4.53. The van der Waals surface area contributed by atoms with Crippen LogP contribution in [-0.2, 0) is 12.7 Å². The third-order valence-corrected chi connectivity index (χ3v) is 3.86. The number of hydrogen-bond acceptors (Lipinski definition) is 6. The van der Waals surface area contributed by atoms with Crippen molar-refractivity contribution < 1.29 is 22.9 Å². The van der Waals surface area contributed by atoms with Gasteiger partial charge >= 0.3 is 11.9 Å². The summed E-state index contributed by atoms with van der Waals surface area (Å²) in [5.74, 6) is 0. The largest absolute Gasteiger partial charge is 0.417 e. The SMILES string of the molecule is CCn1nc(C)c([N+](=O)[O-])c1C(=O)Sc1ccc(C(F)(F)F)cn1. The number of aryl methyl sites for hydroxylation is 2. The minimum absolute atomic E-state index is 0.00352. The molecule has 2 aromatic rings. The molecule has 0 N–H and O–H groups in total. The van der Waals surface area contributed by atoms with Crippen LogP contribution in [0, 0.1) is 17.0 Å². The van der Waals surface area contributed by atoms with Crippen molar-refractivity contribution in [3.63, 3.8) is 0 Å². The molecule has 0 fully saturated rings. The van der Waals surface area contributed by atoms with Crippen LogP contribution in [0.3, 0.4) is 0 Å². The molecule has 2 aromatic heterocycles. The highest BCUT2D eigenvalue weighted by atomic mass is 32.2. The maximum Gasteiger partial charge on any atom is 0.417 e. The number of halogens is 3. The van der Waals surface area contributed by atoms with Gasteiger partial charge in [0.15, 0.2) is 5.69 Å². The quantitative estimate of drug-likeness (QED) is 0.471. The zero-order chi connectivity index (χ0) is 18.1. The van der Waals surface area contributed by atoms with Crippen LogP contribution in [0.15, 0.2) is 23.4 Å². The minimum Gasteiger partial charge on any atom is -0.279 e. The predicted octanol–water partition coefficient (Wildman–Crippen LogP) is 3.47. The van der Waals surface area contributed by atoms with E-state index in [1.54, 1.807) is 6.92 Å². The molecule has 0 amide bonds. The van der Waals surface area contributed by atoms with Crippen LogP contribution in [-0.4, -0.2) is 24.8 Å². The van der Waals surface area contributed by atoms with Crippen LogP contribution in [0.5, 0.6) is 0 Å². The highest BCUT2D eigenvalue weighted by Gasteiger charge is 2.32. The Labute approximate surface area is 138 Å². The number of rotatable bonds is 4. The van der Waals surface area contributed by atoms with Gasteiger partial charge in [0.25, 0.3) is 5.12 Å². The van der Waals surface area contributed by atoms with Crippen LogP contribution < -0.4 is 0 Å². The fourth-order valence-electron chi connectivity index (χ4n) is 1.97. The number of hydrogen-bond donors (Lipinski definition) is 0. The van der Waals surface area contributed by atoms with Crippen molar-refractivity contribution in [1.29, 1.82) is 0 Å². The molecule has 7 nitrogen and oxygen atoms in total. The van der Waals surface area contributed by atoms with Crippen molar-refractivity contribution in [3.8, 4) is 0 Å². The molecule has 0 bridgehead atoms. The molecule has 0 aliphatic carbocycles. The Balaban J connectivity index is 2.32. The summed E-state index contributed by atoms with van der Waals surface area (Å²) in [5.41, 5.74) is -1.49. The van der Waals surface area contributed by atoms with Gasteiger partial charge < -0.3 is 0 Å². The summed E-state index contributed by atoms with van der Waals surface area (Å²) in [6, 6.07) is 1.83. The zero-order valence-electron chi connectivity index (χ0n) is 12.5. The molecule has 2 heterocycles. The lowest BCUT2D eigenvalue weighted by atomic mass is 10.3. The third-order valence-electron chi connectivity index (χ3n) is 3.03. The van der Waals surface area contributed by atoms with Crippen molar-refractivity contribution in [2.75, 3.05) is 0 Å². The lowest BCUT2D eigenvalue weighted by Gasteiger charge is -2.06. The molecule has 128 valence electrons. The summed E-state index contributed by atoms with van der Waals surface area (Å²) in [6.45, 7) is 3.30. The Kier molecular flexibility index (Phi) is 4.92. The number of carbonyl (C=O) groups excluding carboxylic acids is 1. The number of alkyl halides is 3. The van der Waals surface area contributed by atoms with Crippen LogP contribution >= 0.6 is 11.8 Å². The van der Waals surface area contributed by atoms with Gasteiger partial charge in [-0.05, 0) is 37.7 Å². The number of thioether (sulfide) groups is 1. The van der Waals surface area contributed by atoms with Gasteiger partial charge in [-0.3, -0.25) is 19.6 Å². The van der Waals surface area contributed by atoms with Crippen molar-refractivity contribution in [3.05, 3.63) is 45.4 Å². The summed E-state index contributed by atoms with van der Waals surface area (Å²) >= 11 is 0.508. The maximum absolute atomic E-state index is 12.5. The van der Waals surface area contributed by atoms with Crippen LogP contribution in [0.4, 0.5) is 18.9 Å². The molecule has 24 heavy (non-hydrogen) atoms. The van der Waals surface area contributed by atoms with E-state index in [2.05, 4.69) is 10.1 Å². The summed E-state index contributed by atoms with van der Waals surface area (Å²) in [4.78, 5) is 26.3. The molecular formula is C13H11F3N4O3S. The van der Waals surface area contributed by atoms with Gasteiger partial charge in [-0.1, -0.05) is 0 Å². The molecule has 0 aromatic carbocycles. The Morgan fingerprint density at radius 2 is 2.08 bits per heavy atom. The molecule has 0 unspecified atom stereocenters. The van der Waals surface area contributed by atoms with Crippen LogP contribution in [0.2, 0.25) is 0 Å². The number of carbonyl (C=O) groups is 1. The van der Waals surface area contributed by atoms with E-state index >= 15 is 0 Å². The topological polar surface area (TPSA) is 90.9 Å². The van der Waals surface area contributed by atoms with E-state index in [4.69, 9.17) is 0 Å². The van der Waals surface area contributed by atoms with Crippen molar-refractivity contribution in [2.24, 2.45) is 0 Å². The van der Waals surface area contributed by atoms with E-state index < -0.39 is 27.5 Å². The molecule has 0 saturated heterocycles. The van der Waals surface area contributed by atoms with Crippen molar-refractivity contribution in [2.45, 2.75) is 31.6 Å². The van der Waals surface area contributed by atoms with Gasteiger partial charge in [-0.2, -0.15) is 18.3 Å². The molecule has 11 heteroatoms. The van der Waals surface area contributed by atoms with Gasteiger partial charge in [0.2, 0.25) is 0 Å². The summed E-state index contributed by atoms with van der Waals surface area (Å²) in [6.07, 6.45) is -3.93. The smallest absolute Gasteiger partial charge is 0.279 e. The first-order valence-corrected chi connectivity index (χ1v) is 7.44. The lowest BCUT2D eigenvalue weighted by molar-refractivity contribution is -0.385. The molecule has 0 atom stereocenters. The number of pyridine rings is 1.